The van der Waals surface area contributed by atoms with E-state index in [1.165, 1.54) is 6.07 Å². The van der Waals surface area contributed by atoms with E-state index in [-0.39, 0.29) is 0 Å². The third-order valence-corrected chi connectivity index (χ3v) is 1.44. The molecule has 0 spiro atoms. The minimum atomic E-state index is -3.78. The van der Waals surface area contributed by atoms with Crippen molar-refractivity contribution in [3.63, 3.8) is 0 Å². The monoisotopic (exact) mass is 223 g/mol. The Labute approximate surface area is 68.4 Å². The summed E-state index contributed by atoms with van der Waals surface area (Å²) < 4.78 is 53.1. The SMILES string of the molecule is N#CCC(OP(F)F)OP(F)F. The van der Waals surface area contributed by atoms with Crippen LogP contribution in [0.1, 0.15) is 6.42 Å². The summed E-state index contributed by atoms with van der Waals surface area (Å²) >= 11 is 0. The molecule has 0 amide bonds. The van der Waals surface area contributed by atoms with Gasteiger partial charge in [-0.1, -0.05) is 0 Å². The molecule has 70 valence electrons. The smallest absolute Gasteiger partial charge is 0.274 e. The van der Waals surface area contributed by atoms with E-state index >= 15 is 0 Å². The fourth-order valence-corrected chi connectivity index (χ4v) is 1.00. The van der Waals surface area contributed by atoms with E-state index in [9.17, 15) is 16.8 Å². The number of hydrogen-bond donors (Lipinski definition) is 0. The number of nitriles is 1. The van der Waals surface area contributed by atoms with Crippen molar-refractivity contribution in [3.05, 3.63) is 0 Å². The minimum Gasteiger partial charge on any atom is -0.274 e. The summed E-state index contributed by atoms with van der Waals surface area (Å²) in [5.41, 5.74) is 0. The van der Waals surface area contributed by atoms with Gasteiger partial charge in [-0.2, -0.15) is 22.0 Å². The molecule has 0 atom stereocenters. The first-order chi connectivity index (χ1) is 5.56. The van der Waals surface area contributed by atoms with Crippen molar-refractivity contribution in [2.75, 3.05) is 0 Å². The molecule has 12 heavy (non-hydrogen) atoms. The number of hydrogen-bond acceptors (Lipinski definition) is 3. The summed E-state index contributed by atoms with van der Waals surface area (Å²) in [7, 11) is -7.56. The fraction of sp³-hybridized carbons (Fsp3) is 0.667. The van der Waals surface area contributed by atoms with Crippen LogP contribution < -0.4 is 0 Å². The van der Waals surface area contributed by atoms with Gasteiger partial charge in [-0.25, -0.2) is 0 Å². The van der Waals surface area contributed by atoms with Gasteiger partial charge < -0.3 is 0 Å². The summed E-state index contributed by atoms with van der Waals surface area (Å²) in [6.45, 7) is 0. The zero-order chi connectivity index (χ0) is 9.56. The fourth-order valence-electron chi connectivity index (χ4n) is 0.346. The predicted octanol–water partition coefficient (Wildman–Crippen LogP) is 3.59. The number of halogens is 4. The first-order valence-electron chi connectivity index (χ1n) is 2.50. The summed E-state index contributed by atoms with van der Waals surface area (Å²) in [5.74, 6) is 0. The van der Waals surface area contributed by atoms with Crippen LogP contribution in [0.5, 0.6) is 0 Å². The van der Waals surface area contributed by atoms with E-state index in [4.69, 9.17) is 5.26 Å². The van der Waals surface area contributed by atoms with Crippen LogP contribution in [0.3, 0.4) is 0 Å². The van der Waals surface area contributed by atoms with Gasteiger partial charge in [-0.05, 0) is 0 Å². The molecule has 0 saturated carbocycles. The van der Waals surface area contributed by atoms with Gasteiger partial charge in [-0.3, -0.25) is 9.05 Å². The van der Waals surface area contributed by atoms with Gasteiger partial charge in [0.1, 0.15) is 0 Å². The lowest BCUT2D eigenvalue weighted by Gasteiger charge is -2.11. The van der Waals surface area contributed by atoms with Crippen LogP contribution in [-0.2, 0) is 9.05 Å². The highest BCUT2D eigenvalue weighted by molar-refractivity contribution is 7.41. The van der Waals surface area contributed by atoms with Crippen LogP contribution in [0, 0.1) is 11.3 Å². The Morgan fingerprint density at radius 2 is 1.58 bits per heavy atom. The Hall–Kier alpha value is -0.0100. The van der Waals surface area contributed by atoms with E-state index in [1.54, 1.807) is 0 Å². The lowest BCUT2D eigenvalue weighted by molar-refractivity contribution is 0.0103. The second kappa shape index (κ2) is 6.50. The molecule has 0 aromatic heterocycles. The molecule has 0 aliphatic rings. The van der Waals surface area contributed by atoms with Crippen LogP contribution >= 0.6 is 17.5 Å². The molecule has 0 unspecified atom stereocenters. The van der Waals surface area contributed by atoms with Gasteiger partial charge in [0.05, 0.1) is 12.5 Å². The molecule has 0 rings (SSSR count). The average molecular weight is 223 g/mol. The summed E-state index contributed by atoms with van der Waals surface area (Å²) in [6.07, 6.45) is -2.46. The molecule has 0 bridgehead atoms. The molecule has 9 heteroatoms. The highest BCUT2D eigenvalue weighted by Gasteiger charge is 2.22. The van der Waals surface area contributed by atoms with Gasteiger partial charge >= 0.3 is 17.5 Å². The van der Waals surface area contributed by atoms with Gasteiger partial charge in [-0.15, -0.1) is 0 Å². The number of rotatable bonds is 5. The lowest BCUT2D eigenvalue weighted by atomic mass is 10.5. The maximum absolute atomic E-state index is 11.5. The van der Waals surface area contributed by atoms with Gasteiger partial charge in [0.15, 0.2) is 6.29 Å². The largest absolute Gasteiger partial charge is 0.417 e. The molecule has 0 aliphatic carbocycles. The third-order valence-electron chi connectivity index (χ3n) is 0.652. The average Bonchev–Trinajstić information content (AvgIpc) is 1.84. The zero-order valence-corrected chi connectivity index (χ0v) is 7.24. The Kier molecular flexibility index (Phi) is 6.49. The molecule has 0 saturated heterocycles. The second-order valence-corrected chi connectivity index (χ2v) is 2.64. The minimum absolute atomic E-state index is 0.640. The van der Waals surface area contributed by atoms with Crippen molar-refractivity contribution in [1.29, 1.82) is 5.26 Å². The summed E-state index contributed by atoms with van der Waals surface area (Å²) in [4.78, 5) is 0. The summed E-state index contributed by atoms with van der Waals surface area (Å²) in [5, 5.41) is 7.98. The summed E-state index contributed by atoms with van der Waals surface area (Å²) in [6, 6.07) is 1.38. The van der Waals surface area contributed by atoms with Gasteiger partial charge in [0.2, 0.25) is 0 Å². The van der Waals surface area contributed by atoms with Crippen molar-refractivity contribution in [2.24, 2.45) is 0 Å². The van der Waals surface area contributed by atoms with Crippen LogP contribution in [0.4, 0.5) is 16.8 Å². The van der Waals surface area contributed by atoms with Crippen molar-refractivity contribution in [2.45, 2.75) is 12.7 Å². The highest BCUT2D eigenvalue weighted by atomic mass is 31.2. The van der Waals surface area contributed by atoms with E-state index in [0.717, 1.165) is 0 Å². The predicted molar refractivity (Wildman–Crippen MR) is 34.5 cm³/mol. The molecule has 3 nitrogen and oxygen atoms in total. The highest BCUT2D eigenvalue weighted by Crippen LogP contribution is 2.47. The normalized spacial score (nSPS) is 11.2. The maximum Gasteiger partial charge on any atom is 0.417 e. The van der Waals surface area contributed by atoms with E-state index in [1.807, 2.05) is 0 Å². The van der Waals surface area contributed by atoms with Crippen molar-refractivity contribution < 1.29 is 25.8 Å². The topological polar surface area (TPSA) is 42.2 Å². The number of nitrogens with zero attached hydrogens (tertiary/aromatic N) is 1. The third kappa shape index (κ3) is 6.68. The standard InChI is InChI=1S/C3H3F4NO2P2/c4-11(5)9-3(1-2-8)10-12(6)7/h3H,1H2. The first-order valence-corrected chi connectivity index (χ1v) is 4.58. The van der Waals surface area contributed by atoms with E-state index in [2.05, 4.69) is 9.05 Å². The zero-order valence-electron chi connectivity index (χ0n) is 5.45. The molecule has 0 aromatic rings. The Bertz CT molecular complexity index is 153. The molecule has 0 aliphatic heterocycles. The molecule has 0 fully saturated rings. The molecular weight excluding hydrogens is 220 g/mol. The maximum atomic E-state index is 11.5. The van der Waals surface area contributed by atoms with Crippen LogP contribution in [0.15, 0.2) is 0 Å². The lowest BCUT2D eigenvalue weighted by Crippen LogP contribution is -2.08. The molecule has 0 heterocycles. The van der Waals surface area contributed by atoms with Crippen LogP contribution in [-0.4, -0.2) is 6.29 Å². The van der Waals surface area contributed by atoms with Crippen molar-refractivity contribution in [1.82, 2.24) is 0 Å². The Morgan fingerprint density at radius 1 is 1.17 bits per heavy atom. The van der Waals surface area contributed by atoms with Crippen molar-refractivity contribution in [3.8, 4) is 6.07 Å². The van der Waals surface area contributed by atoms with E-state index < -0.39 is 30.3 Å². The van der Waals surface area contributed by atoms with Gasteiger partial charge in [0, 0.05) is 0 Å². The van der Waals surface area contributed by atoms with Gasteiger partial charge in [0.25, 0.3) is 0 Å². The van der Waals surface area contributed by atoms with Crippen molar-refractivity contribution >= 4 is 17.5 Å². The van der Waals surface area contributed by atoms with Crippen LogP contribution in [0.25, 0.3) is 0 Å². The molecule has 0 aromatic carbocycles. The Morgan fingerprint density at radius 3 is 1.83 bits per heavy atom. The second-order valence-electron chi connectivity index (χ2n) is 1.41. The molecular formula is C3H3F4NO2P2. The Balaban J connectivity index is 3.79. The molecule has 0 radical (unpaired) electrons. The first kappa shape index (κ1) is 12.0. The van der Waals surface area contributed by atoms with Crippen LogP contribution in [0.2, 0.25) is 0 Å². The van der Waals surface area contributed by atoms with E-state index in [0.29, 0.717) is 0 Å². The quantitative estimate of drug-likeness (QED) is 0.406. The molecule has 0 N–H and O–H groups in total.